The molecule has 1 aromatic heterocycles. The molecular formula is C12H16N4OS. The topological polar surface area (TPSA) is 85.2 Å². The SMILES string of the molecule is CC1(C(N)=O)CCN(c2cccc(C(N)=S)n2)C1. The number of nitrogens with zero attached hydrogens (tertiary/aromatic N) is 2. The number of aromatic nitrogens is 1. The van der Waals surface area contributed by atoms with Crippen LogP contribution in [0.1, 0.15) is 19.0 Å². The van der Waals surface area contributed by atoms with Crippen molar-refractivity contribution in [3.8, 4) is 0 Å². The summed E-state index contributed by atoms with van der Waals surface area (Å²) in [4.78, 5) is 18.1. The van der Waals surface area contributed by atoms with Crippen LogP contribution in [0.25, 0.3) is 0 Å². The smallest absolute Gasteiger partial charge is 0.225 e. The molecule has 2 rings (SSSR count). The number of carbonyl (C=O) groups is 1. The van der Waals surface area contributed by atoms with Crippen molar-refractivity contribution in [3.63, 3.8) is 0 Å². The highest BCUT2D eigenvalue weighted by Gasteiger charge is 2.39. The molecule has 1 aliphatic rings. The molecule has 1 fully saturated rings. The summed E-state index contributed by atoms with van der Waals surface area (Å²) in [5, 5.41) is 0. The Morgan fingerprint density at radius 2 is 2.22 bits per heavy atom. The van der Waals surface area contributed by atoms with E-state index in [2.05, 4.69) is 4.98 Å². The van der Waals surface area contributed by atoms with Crippen LogP contribution in [0, 0.1) is 5.41 Å². The van der Waals surface area contributed by atoms with Crippen LogP contribution in [0.5, 0.6) is 0 Å². The van der Waals surface area contributed by atoms with E-state index in [0.717, 1.165) is 18.8 Å². The van der Waals surface area contributed by atoms with Gasteiger partial charge in [-0.05, 0) is 25.5 Å². The number of nitrogens with two attached hydrogens (primary N) is 2. The van der Waals surface area contributed by atoms with Crippen LogP contribution in [0.3, 0.4) is 0 Å². The third-order valence-corrected chi connectivity index (χ3v) is 3.59. The number of pyridine rings is 1. The van der Waals surface area contributed by atoms with E-state index in [0.29, 0.717) is 12.2 Å². The van der Waals surface area contributed by atoms with Crippen molar-refractivity contribution in [2.24, 2.45) is 16.9 Å². The van der Waals surface area contributed by atoms with E-state index < -0.39 is 5.41 Å². The van der Waals surface area contributed by atoms with Gasteiger partial charge in [0.2, 0.25) is 5.91 Å². The molecule has 1 unspecified atom stereocenters. The van der Waals surface area contributed by atoms with Gasteiger partial charge in [-0.25, -0.2) is 4.98 Å². The molecule has 0 bridgehead atoms. The molecule has 1 saturated heterocycles. The molecule has 0 aromatic carbocycles. The van der Waals surface area contributed by atoms with Gasteiger partial charge in [0.05, 0.1) is 11.1 Å². The van der Waals surface area contributed by atoms with Crippen molar-refractivity contribution < 1.29 is 4.79 Å². The van der Waals surface area contributed by atoms with Crippen LogP contribution in [0.2, 0.25) is 0 Å². The van der Waals surface area contributed by atoms with Crippen LogP contribution >= 0.6 is 12.2 Å². The number of thiocarbonyl (C=S) groups is 1. The van der Waals surface area contributed by atoms with E-state index in [9.17, 15) is 4.79 Å². The van der Waals surface area contributed by atoms with Crippen molar-refractivity contribution >= 4 is 28.9 Å². The number of hydrogen-bond donors (Lipinski definition) is 2. The molecule has 1 aromatic rings. The fraction of sp³-hybridized carbons (Fsp3) is 0.417. The second-order valence-electron chi connectivity index (χ2n) is 4.84. The Labute approximate surface area is 111 Å². The first-order valence-corrected chi connectivity index (χ1v) is 6.15. The second kappa shape index (κ2) is 4.53. The van der Waals surface area contributed by atoms with Crippen LogP contribution in [0.4, 0.5) is 5.82 Å². The van der Waals surface area contributed by atoms with Gasteiger partial charge in [-0.15, -0.1) is 0 Å². The van der Waals surface area contributed by atoms with Gasteiger partial charge in [-0.1, -0.05) is 18.3 Å². The van der Waals surface area contributed by atoms with Crippen molar-refractivity contribution in [3.05, 3.63) is 23.9 Å². The zero-order valence-corrected chi connectivity index (χ0v) is 11.0. The largest absolute Gasteiger partial charge is 0.388 e. The first kappa shape index (κ1) is 12.8. The van der Waals surface area contributed by atoms with Crippen molar-refractivity contribution in [2.75, 3.05) is 18.0 Å². The van der Waals surface area contributed by atoms with Crippen LogP contribution in [0.15, 0.2) is 18.2 Å². The number of carbonyl (C=O) groups excluding carboxylic acids is 1. The normalized spacial score (nSPS) is 23.1. The Morgan fingerprint density at radius 1 is 1.50 bits per heavy atom. The minimum absolute atomic E-state index is 0.268. The molecule has 2 heterocycles. The highest BCUT2D eigenvalue weighted by atomic mass is 32.1. The molecule has 4 N–H and O–H groups in total. The first-order valence-electron chi connectivity index (χ1n) is 5.74. The molecule has 0 radical (unpaired) electrons. The van der Waals surface area contributed by atoms with Crippen molar-refractivity contribution in [2.45, 2.75) is 13.3 Å². The average Bonchev–Trinajstić information content (AvgIpc) is 2.73. The second-order valence-corrected chi connectivity index (χ2v) is 5.28. The summed E-state index contributed by atoms with van der Waals surface area (Å²) >= 11 is 4.91. The lowest BCUT2D eigenvalue weighted by Gasteiger charge is -2.22. The van der Waals surface area contributed by atoms with E-state index >= 15 is 0 Å². The summed E-state index contributed by atoms with van der Waals surface area (Å²) in [6.07, 6.45) is 0.737. The van der Waals surface area contributed by atoms with Gasteiger partial charge in [0.25, 0.3) is 0 Å². The number of rotatable bonds is 3. The number of primary amides is 1. The summed E-state index contributed by atoms with van der Waals surface area (Å²) in [6.45, 7) is 3.22. The highest BCUT2D eigenvalue weighted by Crippen LogP contribution is 2.32. The lowest BCUT2D eigenvalue weighted by atomic mass is 9.89. The molecule has 18 heavy (non-hydrogen) atoms. The molecule has 0 spiro atoms. The standard InChI is InChI=1S/C12H16N4OS/c1-12(11(14)17)5-6-16(7-12)9-4-2-3-8(15-9)10(13)18/h2-4H,5-7H2,1H3,(H2,13,18)(H2,14,17). The van der Waals surface area contributed by atoms with Gasteiger partial charge in [0.15, 0.2) is 0 Å². The lowest BCUT2D eigenvalue weighted by Crippen LogP contribution is -2.37. The monoisotopic (exact) mass is 264 g/mol. The Kier molecular flexibility index (Phi) is 3.21. The van der Waals surface area contributed by atoms with E-state index in [-0.39, 0.29) is 10.9 Å². The van der Waals surface area contributed by atoms with Gasteiger partial charge in [0, 0.05) is 13.1 Å². The van der Waals surface area contributed by atoms with E-state index in [4.69, 9.17) is 23.7 Å². The summed E-state index contributed by atoms with van der Waals surface area (Å²) in [7, 11) is 0. The number of hydrogen-bond acceptors (Lipinski definition) is 4. The third kappa shape index (κ3) is 2.28. The third-order valence-electron chi connectivity index (χ3n) is 3.38. The summed E-state index contributed by atoms with van der Waals surface area (Å²) in [5.74, 6) is 0.515. The molecular weight excluding hydrogens is 248 g/mol. The lowest BCUT2D eigenvalue weighted by molar-refractivity contribution is -0.125. The summed E-state index contributed by atoms with van der Waals surface area (Å²) in [6, 6.07) is 5.51. The summed E-state index contributed by atoms with van der Waals surface area (Å²) in [5.41, 5.74) is 11.1. The van der Waals surface area contributed by atoms with Crippen LogP contribution < -0.4 is 16.4 Å². The number of amides is 1. The van der Waals surface area contributed by atoms with Crippen molar-refractivity contribution in [1.29, 1.82) is 0 Å². The van der Waals surface area contributed by atoms with Crippen LogP contribution in [-0.4, -0.2) is 29.0 Å². The Bertz CT molecular complexity index is 505. The maximum Gasteiger partial charge on any atom is 0.225 e. The molecule has 6 heteroatoms. The first-order chi connectivity index (χ1) is 8.42. The quantitative estimate of drug-likeness (QED) is 0.773. The molecule has 1 aliphatic heterocycles. The average molecular weight is 264 g/mol. The van der Waals surface area contributed by atoms with Crippen LogP contribution in [-0.2, 0) is 4.79 Å². The van der Waals surface area contributed by atoms with E-state index in [1.165, 1.54) is 0 Å². The summed E-state index contributed by atoms with van der Waals surface area (Å²) < 4.78 is 0. The van der Waals surface area contributed by atoms with Gasteiger partial charge in [-0.3, -0.25) is 4.79 Å². The Hall–Kier alpha value is -1.69. The maximum absolute atomic E-state index is 11.4. The van der Waals surface area contributed by atoms with Gasteiger partial charge in [-0.2, -0.15) is 0 Å². The molecule has 1 atom stereocenters. The molecule has 5 nitrogen and oxygen atoms in total. The minimum Gasteiger partial charge on any atom is -0.388 e. The molecule has 96 valence electrons. The zero-order chi connectivity index (χ0) is 13.3. The van der Waals surface area contributed by atoms with Gasteiger partial charge >= 0.3 is 0 Å². The predicted molar refractivity (Wildman–Crippen MR) is 74.3 cm³/mol. The predicted octanol–water partition coefficient (Wildman–Crippen LogP) is 0.417. The molecule has 0 aliphatic carbocycles. The van der Waals surface area contributed by atoms with Gasteiger partial charge in [0.1, 0.15) is 10.8 Å². The van der Waals surface area contributed by atoms with E-state index in [1.54, 1.807) is 6.07 Å². The van der Waals surface area contributed by atoms with E-state index in [1.807, 2.05) is 24.0 Å². The number of anilines is 1. The highest BCUT2D eigenvalue weighted by molar-refractivity contribution is 7.80. The fourth-order valence-electron chi connectivity index (χ4n) is 2.09. The van der Waals surface area contributed by atoms with Crippen molar-refractivity contribution in [1.82, 2.24) is 4.98 Å². The molecule has 0 saturated carbocycles. The Balaban J connectivity index is 2.22. The Morgan fingerprint density at radius 3 is 2.78 bits per heavy atom. The maximum atomic E-state index is 11.4. The fourth-order valence-corrected chi connectivity index (χ4v) is 2.21. The van der Waals surface area contributed by atoms with Gasteiger partial charge < -0.3 is 16.4 Å². The molecule has 1 amide bonds. The zero-order valence-electron chi connectivity index (χ0n) is 10.2. The minimum atomic E-state index is -0.485.